The Hall–Kier alpha value is -2.72. The topological polar surface area (TPSA) is 195 Å². The number of hydrogen-bond acceptors (Lipinski definition) is 10. The molecule has 15 heteroatoms. The molecule has 0 radical (unpaired) electrons. The number of H-pyrrole nitrogens is 1. The monoisotopic (exact) mass is 484 g/mol. The minimum Gasteiger partial charge on any atom is -0.314 e. The molecule has 3 aromatic rings. The number of sulfone groups is 1. The molecule has 1 fully saturated rings. The van der Waals surface area contributed by atoms with E-state index >= 15 is 0 Å². The third-order valence-corrected chi connectivity index (χ3v) is 8.82. The molecule has 1 saturated heterocycles. The molecular weight excluding hydrogens is 468 g/mol. The van der Waals surface area contributed by atoms with Gasteiger partial charge in [-0.25, -0.2) is 30.4 Å². The number of primary sulfonamides is 1. The van der Waals surface area contributed by atoms with Gasteiger partial charge in [-0.05, 0) is 34.5 Å². The summed E-state index contributed by atoms with van der Waals surface area (Å²) < 4.78 is 74.3. The van der Waals surface area contributed by atoms with E-state index in [1.807, 2.05) is 0 Å². The average molecular weight is 485 g/mol. The maximum atomic E-state index is 13.1. The first kappa shape index (κ1) is 21.5. The molecule has 0 atom stereocenters. The lowest BCUT2D eigenvalue weighted by Gasteiger charge is -2.28. The van der Waals surface area contributed by atoms with E-state index < -0.39 is 45.6 Å². The summed E-state index contributed by atoms with van der Waals surface area (Å²) in [6.07, 6.45) is 0. The molecule has 2 aromatic carbocycles. The highest BCUT2D eigenvalue weighted by atomic mass is 32.2. The van der Waals surface area contributed by atoms with E-state index in [9.17, 15) is 25.3 Å². The Morgan fingerprint density at radius 2 is 1.81 bits per heavy atom. The number of sulfonamides is 1. The predicted molar refractivity (Wildman–Crippen MR) is 109 cm³/mol. The Kier molecular flexibility index (Phi) is 5.38. The van der Waals surface area contributed by atoms with Crippen LogP contribution in [0.3, 0.4) is 0 Å². The van der Waals surface area contributed by atoms with Crippen molar-refractivity contribution in [3.05, 3.63) is 36.4 Å². The Labute approximate surface area is 178 Å². The van der Waals surface area contributed by atoms with E-state index in [2.05, 4.69) is 25.9 Å². The van der Waals surface area contributed by atoms with Crippen molar-refractivity contribution in [1.82, 2.24) is 25.9 Å². The first-order valence-corrected chi connectivity index (χ1v) is 13.0. The SMILES string of the molecule is NS(=O)(=O)c1c(S(=O)(=O)C2CNC2)ccc(-c2cccc([SH](=O)=O)c2)c1-c1nn[nH]n1. The molecule has 0 unspecified atom stereocenters. The van der Waals surface area contributed by atoms with Crippen molar-refractivity contribution in [3.8, 4) is 22.5 Å². The van der Waals surface area contributed by atoms with Crippen LogP contribution in [-0.2, 0) is 30.6 Å². The average Bonchev–Trinajstić information content (AvgIpc) is 3.19. The normalized spacial score (nSPS) is 15.2. The Morgan fingerprint density at radius 3 is 2.35 bits per heavy atom. The quantitative estimate of drug-likeness (QED) is 0.312. The smallest absolute Gasteiger partial charge is 0.240 e. The summed E-state index contributed by atoms with van der Waals surface area (Å²) >= 11 is 0. The number of tetrazole rings is 1. The van der Waals surface area contributed by atoms with E-state index in [4.69, 9.17) is 5.14 Å². The summed E-state index contributed by atoms with van der Waals surface area (Å²) in [4.78, 5) is -1.16. The number of nitrogens with one attached hydrogen (secondary N) is 2. The molecule has 164 valence electrons. The number of benzene rings is 2. The van der Waals surface area contributed by atoms with Gasteiger partial charge in [-0.15, -0.1) is 10.2 Å². The molecule has 1 aliphatic heterocycles. The zero-order valence-electron chi connectivity index (χ0n) is 15.6. The summed E-state index contributed by atoms with van der Waals surface area (Å²) in [6.45, 7) is 0.342. The molecule has 0 spiro atoms. The number of hydrogen-bond donors (Lipinski definition) is 4. The first-order valence-electron chi connectivity index (χ1n) is 8.74. The van der Waals surface area contributed by atoms with Gasteiger partial charge in [-0.1, -0.05) is 18.2 Å². The molecule has 0 aliphatic carbocycles. The van der Waals surface area contributed by atoms with Crippen LogP contribution in [0, 0.1) is 0 Å². The lowest BCUT2D eigenvalue weighted by Crippen LogP contribution is -2.51. The van der Waals surface area contributed by atoms with E-state index in [-0.39, 0.29) is 34.9 Å². The van der Waals surface area contributed by atoms with Crippen molar-refractivity contribution in [2.45, 2.75) is 19.9 Å². The number of aromatic nitrogens is 4. The second-order valence-corrected chi connectivity index (χ2v) is 11.5. The third kappa shape index (κ3) is 3.85. The number of aromatic amines is 1. The number of thiol groups is 1. The summed E-state index contributed by atoms with van der Waals surface area (Å²) in [5, 5.41) is 20.7. The second kappa shape index (κ2) is 7.76. The van der Waals surface area contributed by atoms with Crippen molar-refractivity contribution in [2.24, 2.45) is 5.14 Å². The minimum absolute atomic E-state index is 0.0130. The van der Waals surface area contributed by atoms with E-state index in [1.165, 1.54) is 30.3 Å². The third-order valence-electron chi connectivity index (χ3n) is 4.83. The Balaban J connectivity index is 2.10. The fraction of sp³-hybridized carbons (Fsp3) is 0.188. The number of nitrogens with two attached hydrogens (primary N) is 1. The summed E-state index contributed by atoms with van der Waals surface area (Å²) in [5.41, 5.74) is 0.286. The summed E-state index contributed by atoms with van der Waals surface area (Å²) in [7, 11) is -11.6. The van der Waals surface area contributed by atoms with Crippen LogP contribution in [0.2, 0.25) is 0 Å². The van der Waals surface area contributed by atoms with Gasteiger partial charge in [0.1, 0.15) is 4.90 Å². The van der Waals surface area contributed by atoms with Crippen LogP contribution in [0.4, 0.5) is 0 Å². The van der Waals surface area contributed by atoms with Gasteiger partial charge in [-0.2, -0.15) is 5.21 Å². The fourth-order valence-corrected chi connectivity index (χ4v) is 6.88. The summed E-state index contributed by atoms with van der Waals surface area (Å²) in [5.74, 6) is -0.209. The molecule has 1 aliphatic rings. The first-order chi connectivity index (χ1) is 14.6. The van der Waals surface area contributed by atoms with Gasteiger partial charge in [0.05, 0.1) is 20.6 Å². The van der Waals surface area contributed by atoms with Crippen molar-refractivity contribution in [1.29, 1.82) is 0 Å². The second-order valence-electron chi connectivity index (χ2n) is 6.73. The molecule has 0 bridgehead atoms. The molecule has 12 nitrogen and oxygen atoms in total. The highest BCUT2D eigenvalue weighted by Gasteiger charge is 2.38. The maximum absolute atomic E-state index is 13.1. The lowest BCUT2D eigenvalue weighted by molar-refractivity contribution is 0.493. The largest absolute Gasteiger partial charge is 0.314 e. The number of rotatable bonds is 6. The van der Waals surface area contributed by atoms with E-state index in [0.29, 0.717) is 5.56 Å². The van der Waals surface area contributed by atoms with Crippen LogP contribution < -0.4 is 10.5 Å². The predicted octanol–water partition coefficient (Wildman–Crippen LogP) is -1.10. The molecule has 0 saturated carbocycles. The van der Waals surface area contributed by atoms with Gasteiger partial charge in [-0.3, -0.25) is 0 Å². The van der Waals surface area contributed by atoms with Gasteiger partial charge in [0.25, 0.3) is 0 Å². The molecular formula is C16H16N6O6S3. The molecule has 4 rings (SSSR count). The van der Waals surface area contributed by atoms with Crippen LogP contribution in [-0.4, -0.2) is 64.2 Å². The zero-order valence-corrected chi connectivity index (χ0v) is 18.1. The van der Waals surface area contributed by atoms with Crippen LogP contribution in [0.5, 0.6) is 0 Å². The van der Waals surface area contributed by atoms with Crippen molar-refractivity contribution < 1.29 is 25.3 Å². The molecule has 1 aromatic heterocycles. The van der Waals surface area contributed by atoms with Gasteiger partial charge in [0.15, 0.2) is 20.5 Å². The van der Waals surface area contributed by atoms with Crippen molar-refractivity contribution in [2.75, 3.05) is 13.1 Å². The van der Waals surface area contributed by atoms with E-state index in [1.54, 1.807) is 0 Å². The van der Waals surface area contributed by atoms with Crippen LogP contribution in [0.15, 0.2) is 51.1 Å². The van der Waals surface area contributed by atoms with Crippen LogP contribution in [0.25, 0.3) is 22.5 Å². The Bertz CT molecular complexity index is 1440. The highest BCUT2D eigenvalue weighted by molar-refractivity contribution is 7.94. The fourth-order valence-electron chi connectivity index (χ4n) is 3.25. The minimum atomic E-state index is -4.59. The van der Waals surface area contributed by atoms with Gasteiger partial charge < -0.3 is 5.32 Å². The highest BCUT2D eigenvalue weighted by Crippen LogP contribution is 2.40. The molecule has 4 N–H and O–H groups in total. The molecule has 0 amide bonds. The molecule has 31 heavy (non-hydrogen) atoms. The lowest BCUT2D eigenvalue weighted by atomic mass is 9.99. The maximum Gasteiger partial charge on any atom is 0.240 e. The summed E-state index contributed by atoms with van der Waals surface area (Å²) in [6, 6.07) is 8.22. The van der Waals surface area contributed by atoms with Gasteiger partial charge in [0.2, 0.25) is 15.8 Å². The van der Waals surface area contributed by atoms with Crippen LogP contribution >= 0.6 is 0 Å². The number of nitrogens with zero attached hydrogens (tertiary/aromatic N) is 3. The molecule has 2 heterocycles. The van der Waals surface area contributed by atoms with Crippen molar-refractivity contribution in [3.63, 3.8) is 0 Å². The van der Waals surface area contributed by atoms with Gasteiger partial charge >= 0.3 is 0 Å². The van der Waals surface area contributed by atoms with Crippen LogP contribution in [0.1, 0.15) is 0 Å². The zero-order chi connectivity index (χ0) is 22.4. The standard InChI is InChI=1S/C16H16N6O6S3/c17-31(27,28)15-13(30(25,26)11-7-18-8-11)5-4-12(14(15)16-19-21-22-20-16)9-2-1-3-10(6-9)29(23)24/h1-6,11,18,29H,7-8H2,(H2,17,27,28)(H,19,20,21,22). The van der Waals surface area contributed by atoms with Crippen molar-refractivity contribution >= 4 is 30.6 Å². The van der Waals surface area contributed by atoms with E-state index in [0.717, 1.165) is 6.07 Å². The Morgan fingerprint density at radius 1 is 1.06 bits per heavy atom. The van der Waals surface area contributed by atoms with Gasteiger partial charge in [0, 0.05) is 13.1 Å².